The number of para-hydroxylation sites is 1. The first-order valence-corrected chi connectivity index (χ1v) is 6.31. The van der Waals surface area contributed by atoms with Crippen molar-refractivity contribution in [3.63, 3.8) is 0 Å². The molecule has 1 heterocycles. The van der Waals surface area contributed by atoms with Crippen molar-refractivity contribution in [1.82, 2.24) is 5.32 Å². The molecule has 1 aromatic heterocycles. The Labute approximate surface area is 116 Å². The fourth-order valence-corrected chi connectivity index (χ4v) is 1.94. The lowest BCUT2D eigenvalue weighted by Gasteiger charge is -2.27. The molecule has 5 nitrogen and oxygen atoms in total. The number of rotatable bonds is 3. The van der Waals surface area contributed by atoms with Gasteiger partial charge in [0.15, 0.2) is 5.76 Å². The summed E-state index contributed by atoms with van der Waals surface area (Å²) in [4.78, 5) is 23.3. The maximum atomic E-state index is 12.1. The van der Waals surface area contributed by atoms with E-state index in [2.05, 4.69) is 5.32 Å². The third kappa shape index (κ3) is 2.82. The summed E-state index contributed by atoms with van der Waals surface area (Å²) in [7, 11) is 0. The molecule has 2 aromatic rings. The Bertz CT molecular complexity index is 618. The molecule has 106 valence electrons. The molecule has 0 aliphatic heterocycles. The van der Waals surface area contributed by atoms with Crippen LogP contribution in [0.25, 0.3) is 11.0 Å². The zero-order chi connectivity index (χ0) is 14.9. The van der Waals surface area contributed by atoms with E-state index in [9.17, 15) is 14.7 Å². The van der Waals surface area contributed by atoms with Crippen molar-refractivity contribution in [2.45, 2.75) is 26.8 Å². The van der Waals surface area contributed by atoms with Crippen molar-refractivity contribution in [3.05, 3.63) is 36.1 Å². The van der Waals surface area contributed by atoms with Crippen LogP contribution >= 0.6 is 0 Å². The number of carbonyl (C=O) groups excluding carboxylic acids is 1. The van der Waals surface area contributed by atoms with Crippen molar-refractivity contribution < 1.29 is 19.1 Å². The lowest BCUT2D eigenvalue weighted by molar-refractivity contribution is -0.142. The van der Waals surface area contributed by atoms with Gasteiger partial charge in [0, 0.05) is 5.39 Å². The number of hydrogen-bond acceptors (Lipinski definition) is 3. The number of amides is 1. The maximum Gasteiger partial charge on any atom is 0.326 e. The van der Waals surface area contributed by atoms with Crippen LogP contribution in [0.5, 0.6) is 0 Å². The van der Waals surface area contributed by atoms with E-state index in [1.807, 2.05) is 18.2 Å². The van der Waals surface area contributed by atoms with E-state index >= 15 is 0 Å². The van der Waals surface area contributed by atoms with Gasteiger partial charge in [0.25, 0.3) is 5.91 Å². The summed E-state index contributed by atoms with van der Waals surface area (Å²) in [5.74, 6) is -1.48. The highest BCUT2D eigenvalue weighted by Gasteiger charge is 2.33. The lowest BCUT2D eigenvalue weighted by Crippen LogP contribution is -2.49. The summed E-state index contributed by atoms with van der Waals surface area (Å²) in [5.41, 5.74) is 0.00771. The molecular weight excluding hydrogens is 258 g/mol. The van der Waals surface area contributed by atoms with Crippen LogP contribution in [-0.4, -0.2) is 23.0 Å². The minimum Gasteiger partial charge on any atom is -0.480 e. The SMILES string of the molecule is CC(C)(C)[C@@H](NC(=O)c1cc2ccccc2o1)C(=O)O. The number of carboxylic acid groups (broad SMARTS) is 1. The van der Waals surface area contributed by atoms with Crippen LogP contribution in [0.15, 0.2) is 34.7 Å². The average Bonchev–Trinajstić information content (AvgIpc) is 2.77. The first-order chi connectivity index (χ1) is 9.29. The van der Waals surface area contributed by atoms with Gasteiger partial charge in [-0.2, -0.15) is 0 Å². The summed E-state index contributed by atoms with van der Waals surface area (Å²) < 4.78 is 5.42. The van der Waals surface area contributed by atoms with Crippen LogP contribution < -0.4 is 5.32 Å². The first-order valence-electron chi connectivity index (χ1n) is 6.31. The fraction of sp³-hybridized carbons (Fsp3) is 0.333. The molecule has 0 saturated heterocycles. The summed E-state index contributed by atoms with van der Waals surface area (Å²) in [5, 5.41) is 12.5. The van der Waals surface area contributed by atoms with Gasteiger partial charge in [-0.3, -0.25) is 4.79 Å². The van der Waals surface area contributed by atoms with Crippen LogP contribution in [0.1, 0.15) is 31.3 Å². The number of fused-ring (bicyclic) bond motifs is 1. The second-order valence-electron chi connectivity index (χ2n) is 5.76. The van der Waals surface area contributed by atoms with Gasteiger partial charge < -0.3 is 14.8 Å². The summed E-state index contributed by atoms with van der Waals surface area (Å²) in [6.45, 7) is 5.26. The van der Waals surface area contributed by atoms with Gasteiger partial charge in [-0.25, -0.2) is 4.79 Å². The molecular formula is C15H17NO4. The summed E-state index contributed by atoms with van der Waals surface area (Å²) in [6, 6.07) is 7.85. The van der Waals surface area contributed by atoms with Crippen LogP contribution in [0.3, 0.4) is 0 Å². The van der Waals surface area contributed by atoms with Gasteiger partial charge in [-0.15, -0.1) is 0 Å². The number of carboxylic acids is 1. The predicted molar refractivity (Wildman–Crippen MR) is 74.6 cm³/mol. The second kappa shape index (κ2) is 5.00. The molecule has 0 unspecified atom stereocenters. The molecule has 0 spiro atoms. The van der Waals surface area contributed by atoms with Crippen LogP contribution in [0.2, 0.25) is 0 Å². The molecule has 0 aliphatic carbocycles. The van der Waals surface area contributed by atoms with E-state index in [1.165, 1.54) is 0 Å². The van der Waals surface area contributed by atoms with E-state index in [1.54, 1.807) is 32.9 Å². The molecule has 0 aliphatic rings. The third-order valence-corrected chi connectivity index (χ3v) is 3.04. The number of hydrogen-bond donors (Lipinski definition) is 2. The molecule has 0 fully saturated rings. The highest BCUT2D eigenvalue weighted by atomic mass is 16.4. The van der Waals surface area contributed by atoms with Gasteiger partial charge in [0.05, 0.1) is 0 Å². The van der Waals surface area contributed by atoms with Crippen molar-refractivity contribution in [1.29, 1.82) is 0 Å². The Hall–Kier alpha value is -2.30. The number of benzene rings is 1. The maximum absolute atomic E-state index is 12.1. The summed E-state index contributed by atoms with van der Waals surface area (Å²) >= 11 is 0. The van der Waals surface area contributed by atoms with Gasteiger partial charge in [-0.1, -0.05) is 39.0 Å². The van der Waals surface area contributed by atoms with Crippen LogP contribution in [-0.2, 0) is 4.79 Å². The number of furan rings is 1. The zero-order valence-corrected chi connectivity index (χ0v) is 11.6. The Morgan fingerprint density at radius 2 is 1.90 bits per heavy atom. The Morgan fingerprint density at radius 1 is 1.25 bits per heavy atom. The van der Waals surface area contributed by atoms with Crippen molar-refractivity contribution in [3.8, 4) is 0 Å². The summed E-state index contributed by atoms with van der Waals surface area (Å²) in [6.07, 6.45) is 0. The molecule has 1 amide bonds. The molecule has 5 heteroatoms. The van der Waals surface area contributed by atoms with Gasteiger partial charge in [-0.05, 0) is 17.5 Å². The number of nitrogens with one attached hydrogen (secondary N) is 1. The molecule has 0 saturated carbocycles. The van der Waals surface area contributed by atoms with Crippen LogP contribution in [0, 0.1) is 5.41 Å². The zero-order valence-electron chi connectivity index (χ0n) is 11.6. The van der Waals surface area contributed by atoms with E-state index in [0.29, 0.717) is 5.58 Å². The highest BCUT2D eigenvalue weighted by molar-refractivity contribution is 5.98. The molecule has 0 bridgehead atoms. The monoisotopic (exact) mass is 275 g/mol. The molecule has 2 N–H and O–H groups in total. The molecule has 1 atom stereocenters. The van der Waals surface area contributed by atoms with E-state index < -0.39 is 23.3 Å². The van der Waals surface area contributed by atoms with E-state index in [-0.39, 0.29) is 5.76 Å². The van der Waals surface area contributed by atoms with Crippen molar-refractivity contribution in [2.24, 2.45) is 5.41 Å². The minimum atomic E-state index is -1.07. The van der Waals surface area contributed by atoms with E-state index in [0.717, 1.165) is 5.39 Å². The largest absolute Gasteiger partial charge is 0.480 e. The van der Waals surface area contributed by atoms with Gasteiger partial charge >= 0.3 is 5.97 Å². The standard InChI is InChI=1S/C15H17NO4/c1-15(2,3)12(14(18)19)16-13(17)11-8-9-6-4-5-7-10(9)20-11/h4-8,12H,1-3H3,(H,16,17)(H,18,19)/t12-/m0/s1. The molecule has 0 radical (unpaired) electrons. The highest BCUT2D eigenvalue weighted by Crippen LogP contribution is 2.22. The first kappa shape index (κ1) is 14.1. The third-order valence-electron chi connectivity index (χ3n) is 3.04. The smallest absolute Gasteiger partial charge is 0.326 e. The van der Waals surface area contributed by atoms with Crippen molar-refractivity contribution >= 4 is 22.8 Å². The molecule has 1 aromatic carbocycles. The Kier molecular flexibility index (Phi) is 3.53. The second-order valence-corrected chi connectivity index (χ2v) is 5.76. The van der Waals surface area contributed by atoms with Gasteiger partial charge in [0.2, 0.25) is 0 Å². The van der Waals surface area contributed by atoms with Crippen molar-refractivity contribution in [2.75, 3.05) is 0 Å². The lowest BCUT2D eigenvalue weighted by atomic mass is 9.87. The number of carbonyl (C=O) groups is 2. The minimum absolute atomic E-state index is 0.113. The molecule has 2 rings (SSSR count). The number of aliphatic carboxylic acids is 1. The van der Waals surface area contributed by atoms with Gasteiger partial charge in [0.1, 0.15) is 11.6 Å². The quantitative estimate of drug-likeness (QED) is 0.902. The topological polar surface area (TPSA) is 79.5 Å². The molecule has 20 heavy (non-hydrogen) atoms. The Balaban J connectivity index is 2.24. The van der Waals surface area contributed by atoms with E-state index in [4.69, 9.17) is 4.42 Å². The Morgan fingerprint density at radius 3 is 2.45 bits per heavy atom. The normalized spacial score (nSPS) is 13.2. The fourth-order valence-electron chi connectivity index (χ4n) is 1.94. The predicted octanol–water partition coefficient (Wildman–Crippen LogP) is 2.66. The average molecular weight is 275 g/mol. The van der Waals surface area contributed by atoms with Crippen LogP contribution in [0.4, 0.5) is 0 Å².